The molecule has 2 fully saturated rings. The fourth-order valence-corrected chi connectivity index (χ4v) is 4.39. The third-order valence-electron chi connectivity index (χ3n) is 6.40. The number of fused-ring (bicyclic) bond motifs is 1. The van der Waals surface area contributed by atoms with Gasteiger partial charge < -0.3 is 14.4 Å². The summed E-state index contributed by atoms with van der Waals surface area (Å²) in [7, 11) is 1.49. The van der Waals surface area contributed by atoms with Crippen LogP contribution in [0.1, 0.15) is 34.3 Å². The molecule has 11 heteroatoms. The minimum absolute atomic E-state index is 0.0991. The van der Waals surface area contributed by atoms with Crippen LogP contribution in [0.25, 0.3) is 0 Å². The number of nitrogens with zero attached hydrogens (tertiary/aromatic N) is 2. The highest BCUT2D eigenvalue weighted by atomic mass is 35.5. The van der Waals surface area contributed by atoms with E-state index in [4.69, 9.17) is 21.1 Å². The number of alkyl halides is 1. The van der Waals surface area contributed by atoms with Crippen molar-refractivity contribution in [2.24, 2.45) is 0 Å². The summed E-state index contributed by atoms with van der Waals surface area (Å²) in [6.45, 7) is 0.0195. The van der Waals surface area contributed by atoms with Gasteiger partial charge in [0.25, 0.3) is 5.91 Å². The van der Waals surface area contributed by atoms with E-state index >= 15 is 0 Å². The fraction of sp³-hybridized carbons (Fsp3) is 0.308. The minimum atomic E-state index is -1.71. The van der Waals surface area contributed by atoms with Crippen LogP contribution in [-0.4, -0.2) is 60.7 Å². The molecule has 0 saturated carbocycles. The van der Waals surface area contributed by atoms with Crippen LogP contribution in [0.3, 0.4) is 0 Å². The van der Waals surface area contributed by atoms with Crippen molar-refractivity contribution in [2.75, 3.05) is 25.2 Å². The Labute approximate surface area is 216 Å². The Hall–Kier alpha value is -3.94. The molecule has 2 aromatic carbocycles. The van der Waals surface area contributed by atoms with Crippen LogP contribution < -0.4 is 15.0 Å². The number of carbonyl (C=O) groups excluding carboxylic acids is 4. The number of nitrogens with one attached hydrogen (secondary N) is 1. The van der Waals surface area contributed by atoms with Gasteiger partial charge in [-0.15, -0.1) is 0 Å². The Kier molecular flexibility index (Phi) is 6.35. The Bertz CT molecular complexity index is 1400. The molecule has 1 N–H and O–H groups in total. The van der Waals surface area contributed by atoms with Gasteiger partial charge in [0.05, 0.1) is 18.2 Å². The number of imide groups is 1. The predicted molar refractivity (Wildman–Crippen MR) is 130 cm³/mol. The maximum absolute atomic E-state index is 14.2. The van der Waals surface area contributed by atoms with E-state index in [9.17, 15) is 23.6 Å². The zero-order chi connectivity index (χ0) is 26.3. The van der Waals surface area contributed by atoms with Crippen LogP contribution in [0.15, 0.2) is 36.4 Å². The molecule has 4 amide bonds. The fourth-order valence-electron chi connectivity index (χ4n) is 4.22. The summed E-state index contributed by atoms with van der Waals surface area (Å²) in [5.41, 5.74) is 0.0634. The van der Waals surface area contributed by atoms with Gasteiger partial charge in [0.1, 0.15) is 11.8 Å². The van der Waals surface area contributed by atoms with Crippen LogP contribution in [0.4, 0.5) is 14.9 Å². The Balaban J connectivity index is 1.28. The summed E-state index contributed by atoms with van der Waals surface area (Å²) in [5, 5.41) is 2.57. The lowest BCUT2D eigenvalue weighted by molar-refractivity contribution is -0.136. The topological polar surface area (TPSA) is 105 Å². The van der Waals surface area contributed by atoms with Crippen molar-refractivity contribution in [3.63, 3.8) is 0 Å². The molecule has 9 nitrogen and oxygen atoms in total. The van der Waals surface area contributed by atoms with Crippen LogP contribution in [0.2, 0.25) is 5.02 Å². The number of benzene rings is 2. The molecule has 0 aromatic heterocycles. The molecule has 0 radical (unpaired) electrons. The number of ether oxygens (including phenoxy) is 2. The van der Waals surface area contributed by atoms with Crippen LogP contribution in [0, 0.1) is 11.8 Å². The van der Waals surface area contributed by atoms with Gasteiger partial charge in [-0.1, -0.05) is 29.5 Å². The van der Waals surface area contributed by atoms with Crippen molar-refractivity contribution < 1.29 is 33.0 Å². The molecule has 37 heavy (non-hydrogen) atoms. The van der Waals surface area contributed by atoms with E-state index in [0.717, 1.165) is 0 Å². The molecule has 3 aliphatic rings. The molecule has 2 aromatic rings. The molecule has 0 bridgehead atoms. The summed E-state index contributed by atoms with van der Waals surface area (Å²) in [6, 6.07) is 8.63. The van der Waals surface area contributed by atoms with Gasteiger partial charge in [-0.2, -0.15) is 0 Å². The highest BCUT2D eigenvalue weighted by molar-refractivity contribution is 6.31. The second kappa shape index (κ2) is 9.50. The first-order valence-electron chi connectivity index (χ1n) is 11.5. The molecular formula is C26H21ClFN3O6. The third-order valence-corrected chi connectivity index (χ3v) is 6.73. The first-order valence-corrected chi connectivity index (χ1v) is 11.8. The number of piperidine rings is 1. The molecule has 1 atom stereocenters. The molecule has 1 unspecified atom stereocenters. The number of halogens is 2. The Morgan fingerprint density at radius 2 is 2.03 bits per heavy atom. The van der Waals surface area contributed by atoms with E-state index in [-0.39, 0.29) is 50.2 Å². The zero-order valence-corrected chi connectivity index (χ0v) is 20.4. The van der Waals surface area contributed by atoms with E-state index in [1.807, 2.05) is 0 Å². The lowest BCUT2D eigenvalue weighted by atomic mass is 10.0. The van der Waals surface area contributed by atoms with E-state index in [1.165, 1.54) is 22.9 Å². The first-order chi connectivity index (χ1) is 17.6. The summed E-state index contributed by atoms with van der Waals surface area (Å²) in [5.74, 6) is 4.13. The van der Waals surface area contributed by atoms with Gasteiger partial charge in [0.15, 0.2) is 0 Å². The molecular weight excluding hydrogens is 505 g/mol. The predicted octanol–water partition coefficient (Wildman–Crippen LogP) is 2.83. The summed E-state index contributed by atoms with van der Waals surface area (Å²) in [6.07, 6.45) is -0.319. The van der Waals surface area contributed by atoms with Crippen molar-refractivity contribution in [1.82, 2.24) is 10.2 Å². The molecule has 0 spiro atoms. The monoisotopic (exact) mass is 525 g/mol. The summed E-state index contributed by atoms with van der Waals surface area (Å²) in [4.78, 5) is 52.1. The maximum Gasteiger partial charge on any atom is 0.419 e. The smallest absolute Gasteiger partial charge is 0.410 e. The van der Waals surface area contributed by atoms with Crippen LogP contribution in [0.5, 0.6) is 5.75 Å². The highest BCUT2D eigenvalue weighted by Gasteiger charge is 2.39. The largest absolute Gasteiger partial charge is 0.419 e. The quantitative estimate of drug-likeness (QED) is 0.488. The first kappa shape index (κ1) is 24.7. The molecule has 190 valence electrons. The van der Waals surface area contributed by atoms with E-state index in [2.05, 4.69) is 17.2 Å². The second-order valence-corrected chi connectivity index (χ2v) is 9.43. The number of rotatable bonds is 3. The van der Waals surface area contributed by atoms with Gasteiger partial charge in [0, 0.05) is 36.8 Å². The molecule has 0 aliphatic carbocycles. The van der Waals surface area contributed by atoms with Crippen LogP contribution in [-0.2, 0) is 20.9 Å². The SMILES string of the molecule is CN(C(=O)Oc1ccc2c(c1)C(=O)N(C1CCC(=O)NC1=O)C2)c1ccc(Cl)c(C#CC2(F)COC2)c1. The summed E-state index contributed by atoms with van der Waals surface area (Å²) < 4.78 is 24.5. The van der Waals surface area contributed by atoms with E-state index in [0.29, 0.717) is 27.4 Å². The molecule has 3 heterocycles. The van der Waals surface area contributed by atoms with Crippen molar-refractivity contribution in [1.29, 1.82) is 0 Å². The minimum Gasteiger partial charge on any atom is -0.410 e. The van der Waals surface area contributed by atoms with Crippen molar-refractivity contribution in [3.8, 4) is 17.6 Å². The van der Waals surface area contributed by atoms with Gasteiger partial charge in [-0.3, -0.25) is 24.6 Å². The Morgan fingerprint density at radius 1 is 1.24 bits per heavy atom. The second-order valence-electron chi connectivity index (χ2n) is 9.02. The van der Waals surface area contributed by atoms with Crippen LogP contribution >= 0.6 is 11.6 Å². The number of hydrogen-bond acceptors (Lipinski definition) is 6. The highest BCUT2D eigenvalue weighted by Crippen LogP contribution is 2.31. The molecule has 2 saturated heterocycles. The maximum atomic E-state index is 14.2. The zero-order valence-electron chi connectivity index (χ0n) is 19.7. The molecule has 5 rings (SSSR count). The normalized spacial score (nSPS) is 19.8. The van der Waals surface area contributed by atoms with Gasteiger partial charge >= 0.3 is 6.09 Å². The van der Waals surface area contributed by atoms with Crippen molar-refractivity contribution in [2.45, 2.75) is 31.1 Å². The molecule has 3 aliphatic heterocycles. The van der Waals surface area contributed by atoms with Gasteiger partial charge in [-0.05, 0) is 42.3 Å². The number of amides is 4. The number of hydrogen-bond donors (Lipinski definition) is 1. The van der Waals surface area contributed by atoms with Gasteiger partial charge in [0.2, 0.25) is 17.5 Å². The average molecular weight is 526 g/mol. The van der Waals surface area contributed by atoms with E-state index in [1.54, 1.807) is 30.3 Å². The lowest BCUT2D eigenvalue weighted by Crippen LogP contribution is -2.52. The van der Waals surface area contributed by atoms with E-state index < -0.39 is 23.7 Å². The third kappa shape index (κ3) is 4.88. The average Bonchev–Trinajstić information content (AvgIpc) is 3.17. The number of anilines is 1. The Morgan fingerprint density at radius 3 is 2.73 bits per heavy atom. The lowest BCUT2D eigenvalue weighted by Gasteiger charge is -2.29. The van der Waals surface area contributed by atoms with Crippen molar-refractivity contribution >= 4 is 41.1 Å². The summed E-state index contributed by atoms with van der Waals surface area (Å²) >= 11 is 6.18. The standard InChI is InChI=1S/C26H21ClFN3O6/c1-30(17-3-5-20(27)15(10-17)8-9-26(28)13-36-14-26)25(35)37-18-4-2-16-12-31(24(34)19(16)11-18)21-6-7-22(32)29-23(21)33/h2-5,10-11,21H,6-7,12-14H2,1H3,(H,29,32,33). The van der Waals surface area contributed by atoms with Gasteiger partial charge in [-0.25, -0.2) is 9.18 Å². The number of carbonyl (C=O) groups is 4. The van der Waals surface area contributed by atoms with Crippen molar-refractivity contribution in [3.05, 3.63) is 58.1 Å².